The van der Waals surface area contributed by atoms with Crippen molar-refractivity contribution in [2.75, 3.05) is 12.0 Å². The molecule has 1 rings (SSSR count). The second-order valence-corrected chi connectivity index (χ2v) is 5.86. The fourth-order valence-electron chi connectivity index (χ4n) is 0.972. The third-order valence-electron chi connectivity index (χ3n) is 1.84. The molecule has 0 saturated heterocycles. The molecule has 13 heavy (non-hydrogen) atoms. The van der Waals surface area contributed by atoms with E-state index in [0.29, 0.717) is 5.75 Å². The zero-order valence-electron chi connectivity index (χ0n) is 8.28. The topological polar surface area (TPSA) is 29.4 Å². The summed E-state index contributed by atoms with van der Waals surface area (Å²) in [6, 6.07) is 7.76. The summed E-state index contributed by atoms with van der Waals surface area (Å²) in [4.78, 5) is 0. The number of rotatable bonds is 2. The van der Waals surface area contributed by atoms with E-state index in [2.05, 4.69) is 4.36 Å². The van der Waals surface area contributed by atoms with Crippen LogP contribution in [0.1, 0.15) is 12.5 Å². The molecule has 0 unspecified atom stereocenters. The van der Waals surface area contributed by atoms with Gasteiger partial charge < -0.3 is 0 Å². The molecular formula is C10H15NOS. The van der Waals surface area contributed by atoms with Gasteiger partial charge in [-0.25, -0.2) is 4.21 Å². The van der Waals surface area contributed by atoms with Gasteiger partial charge in [0.15, 0.2) is 0 Å². The Hall–Kier alpha value is -0.830. The Labute approximate surface area is 80.2 Å². The first-order valence-electron chi connectivity index (χ1n) is 4.30. The maximum absolute atomic E-state index is 11.7. The van der Waals surface area contributed by atoms with E-state index in [4.69, 9.17) is 0 Å². The second-order valence-electron chi connectivity index (χ2n) is 3.18. The molecule has 3 heteroatoms. The van der Waals surface area contributed by atoms with Crippen molar-refractivity contribution < 1.29 is 4.21 Å². The van der Waals surface area contributed by atoms with Crippen LogP contribution in [0.4, 0.5) is 5.69 Å². The molecule has 0 aliphatic rings. The first-order chi connectivity index (χ1) is 6.03. The summed E-state index contributed by atoms with van der Waals surface area (Å²) in [7, 11) is -2.01. The summed E-state index contributed by atoms with van der Waals surface area (Å²) in [6.45, 7) is 3.89. The SMILES string of the molecule is CC[S@@](C)(=O)=Nc1cccc(C)c1. The molecule has 0 heterocycles. The summed E-state index contributed by atoms with van der Waals surface area (Å²) < 4.78 is 15.9. The Morgan fingerprint density at radius 2 is 2.15 bits per heavy atom. The van der Waals surface area contributed by atoms with Crippen LogP contribution in [0.5, 0.6) is 0 Å². The molecule has 0 radical (unpaired) electrons. The summed E-state index contributed by atoms with van der Waals surface area (Å²) in [5, 5.41) is 0. The van der Waals surface area contributed by atoms with Crippen LogP contribution in [0.15, 0.2) is 28.6 Å². The van der Waals surface area contributed by atoms with Crippen LogP contribution < -0.4 is 0 Å². The first kappa shape index (κ1) is 10.3. The lowest BCUT2D eigenvalue weighted by Crippen LogP contribution is -1.97. The van der Waals surface area contributed by atoms with Crippen molar-refractivity contribution in [3.63, 3.8) is 0 Å². The molecule has 0 saturated carbocycles. The second kappa shape index (κ2) is 3.92. The number of benzene rings is 1. The molecule has 0 spiro atoms. The van der Waals surface area contributed by atoms with Gasteiger partial charge in [-0.05, 0) is 24.6 Å². The van der Waals surface area contributed by atoms with E-state index in [1.807, 2.05) is 38.1 Å². The van der Waals surface area contributed by atoms with E-state index in [-0.39, 0.29) is 0 Å². The molecule has 1 aromatic rings. The summed E-state index contributed by atoms with van der Waals surface area (Å²) in [6.07, 6.45) is 1.69. The normalized spacial score (nSPS) is 15.0. The fraction of sp³-hybridized carbons (Fsp3) is 0.400. The monoisotopic (exact) mass is 197 g/mol. The highest BCUT2D eigenvalue weighted by Crippen LogP contribution is 2.15. The minimum atomic E-state index is -2.01. The minimum Gasteiger partial charge on any atom is -0.250 e. The summed E-state index contributed by atoms with van der Waals surface area (Å²) in [5.74, 6) is 0.598. The molecule has 1 aromatic carbocycles. The Kier molecular flexibility index (Phi) is 3.09. The highest BCUT2D eigenvalue weighted by Gasteiger charge is 1.97. The lowest BCUT2D eigenvalue weighted by Gasteiger charge is -2.00. The Morgan fingerprint density at radius 1 is 1.46 bits per heavy atom. The van der Waals surface area contributed by atoms with E-state index in [1.165, 1.54) is 0 Å². The number of hydrogen-bond acceptors (Lipinski definition) is 2. The van der Waals surface area contributed by atoms with Gasteiger partial charge in [0.05, 0.1) is 5.69 Å². The average Bonchev–Trinajstić information content (AvgIpc) is 2.03. The Morgan fingerprint density at radius 3 is 2.69 bits per heavy atom. The van der Waals surface area contributed by atoms with E-state index < -0.39 is 9.73 Å². The lowest BCUT2D eigenvalue weighted by molar-refractivity contribution is 0.681. The van der Waals surface area contributed by atoms with Gasteiger partial charge in [0.2, 0.25) is 0 Å². The van der Waals surface area contributed by atoms with Crippen molar-refractivity contribution in [1.29, 1.82) is 0 Å². The number of aryl methyl sites for hydroxylation is 1. The lowest BCUT2D eigenvalue weighted by atomic mass is 10.2. The Balaban J connectivity index is 3.12. The van der Waals surface area contributed by atoms with Gasteiger partial charge in [0.25, 0.3) is 0 Å². The minimum absolute atomic E-state index is 0.598. The van der Waals surface area contributed by atoms with Crippen LogP contribution >= 0.6 is 0 Å². The van der Waals surface area contributed by atoms with Crippen molar-refractivity contribution in [3.8, 4) is 0 Å². The van der Waals surface area contributed by atoms with Gasteiger partial charge in [0, 0.05) is 21.7 Å². The van der Waals surface area contributed by atoms with Crippen molar-refractivity contribution in [2.24, 2.45) is 4.36 Å². The van der Waals surface area contributed by atoms with Crippen LogP contribution in [-0.2, 0) is 9.73 Å². The third kappa shape index (κ3) is 3.19. The molecule has 0 N–H and O–H groups in total. The van der Waals surface area contributed by atoms with Crippen LogP contribution in [0.3, 0.4) is 0 Å². The molecular weight excluding hydrogens is 182 g/mol. The molecule has 0 aliphatic heterocycles. The van der Waals surface area contributed by atoms with Crippen LogP contribution in [-0.4, -0.2) is 16.2 Å². The average molecular weight is 197 g/mol. The van der Waals surface area contributed by atoms with Crippen LogP contribution in [0, 0.1) is 6.92 Å². The molecule has 72 valence electrons. The molecule has 0 aromatic heterocycles. The van der Waals surface area contributed by atoms with Crippen molar-refractivity contribution in [3.05, 3.63) is 29.8 Å². The number of nitrogens with zero attached hydrogens (tertiary/aromatic N) is 1. The third-order valence-corrected chi connectivity index (χ3v) is 3.50. The molecule has 2 nitrogen and oxygen atoms in total. The predicted octanol–water partition coefficient (Wildman–Crippen LogP) is 2.74. The van der Waals surface area contributed by atoms with Gasteiger partial charge in [-0.2, -0.15) is 4.36 Å². The molecule has 0 amide bonds. The van der Waals surface area contributed by atoms with Crippen molar-refractivity contribution in [2.45, 2.75) is 13.8 Å². The van der Waals surface area contributed by atoms with Gasteiger partial charge in [0.1, 0.15) is 0 Å². The molecule has 1 atom stereocenters. The highest BCUT2D eigenvalue weighted by atomic mass is 32.2. The van der Waals surface area contributed by atoms with Gasteiger partial charge in [-0.1, -0.05) is 19.1 Å². The smallest absolute Gasteiger partial charge is 0.0732 e. The van der Waals surface area contributed by atoms with Crippen molar-refractivity contribution >= 4 is 15.4 Å². The number of hydrogen-bond donors (Lipinski definition) is 0. The van der Waals surface area contributed by atoms with E-state index in [0.717, 1.165) is 11.3 Å². The quantitative estimate of drug-likeness (QED) is 0.716. The highest BCUT2D eigenvalue weighted by molar-refractivity contribution is 7.93. The molecule has 0 bridgehead atoms. The standard InChI is InChI=1S/C10H15NOS/c1-4-13(3,12)11-10-7-5-6-9(2)8-10/h5-8H,4H2,1-3H3/t13-/m1/s1. The van der Waals surface area contributed by atoms with Gasteiger partial charge in [-0.15, -0.1) is 0 Å². The predicted molar refractivity (Wildman–Crippen MR) is 57.9 cm³/mol. The molecule has 0 aliphatic carbocycles. The summed E-state index contributed by atoms with van der Waals surface area (Å²) in [5.41, 5.74) is 1.96. The maximum Gasteiger partial charge on any atom is 0.0732 e. The van der Waals surface area contributed by atoms with E-state index >= 15 is 0 Å². The van der Waals surface area contributed by atoms with Crippen LogP contribution in [0.25, 0.3) is 0 Å². The molecule has 0 fully saturated rings. The van der Waals surface area contributed by atoms with E-state index in [9.17, 15) is 4.21 Å². The maximum atomic E-state index is 11.7. The van der Waals surface area contributed by atoms with Gasteiger partial charge in [-0.3, -0.25) is 0 Å². The van der Waals surface area contributed by atoms with Crippen LogP contribution in [0.2, 0.25) is 0 Å². The van der Waals surface area contributed by atoms with E-state index in [1.54, 1.807) is 6.26 Å². The largest absolute Gasteiger partial charge is 0.250 e. The van der Waals surface area contributed by atoms with Crippen molar-refractivity contribution in [1.82, 2.24) is 0 Å². The zero-order valence-corrected chi connectivity index (χ0v) is 9.10. The van der Waals surface area contributed by atoms with Gasteiger partial charge >= 0.3 is 0 Å². The summed E-state index contributed by atoms with van der Waals surface area (Å²) >= 11 is 0. The zero-order chi connectivity index (χ0) is 9.90. The fourth-order valence-corrected chi connectivity index (χ4v) is 1.66. The Bertz CT molecular complexity index is 403. The first-order valence-corrected chi connectivity index (χ1v) is 6.39.